The van der Waals surface area contributed by atoms with Crippen LogP contribution in [0, 0.1) is 5.92 Å². The van der Waals surface area contributed by atoms with Crippen molar-refractivity contribution in [2.45, 2.75) is 13.3 Å². The second-order valence-electron chi connectivity index (χ2n) is 5.74. The van der Waals surface area contributed by atoms with E-state index in [1.807, 2.05) is 0 Å². The summed E-state index contributed by atoms with van der Waals surface area (Å²) in [5.74, 6) is 0.479. The number of halogens is 1. The van der Waals surface area contributed by atoms with Crippen molar-refractivity contribution >= 4 is 46.0 Å². The summed E-state index contributed by atoms with van der Waals surface area (Å²) in [5.41, 5.74) is 0.990. The van der Waals surface area contributed by atoms with Crippen molar-refractivity contribution in [3.63, 3.8) is 0 Å². The third-order valence-corrected chi connectivity index (χ3v) is 4.89. The van der Waals surface area contributed by atoms with E-state index in [0.29, 0.717) is 35.0 Å². The van der Waals surface area contributed by atoms with Crippen molar-refractivity contribution in [2.24, 2.45) is 5.92 Å². The van der Waals surface area contributed by atoms with Crippen LogP contribution in [0.4, 0.5) is 5.69 Å². The van der Waals surface area contributed by atoms with Gasteiger partial charge in [0.25, 0.3) is 5.91 Å². The molecule has 1 aliphatic rings. The molecule has 0 spiro atoms. The summed E-state index contributed by atoms with van der Waals surface area (Å²) < 4.78 is 0. The molecule has 0 saturated carbocycles. The molecule has 1 atom stereocenters. The fourth-order valence-corrected chi connectivity index (χ4v) is 3.37. The molecule has 5 nitrogen and oxygen atoms in total. The molecule has 1 heterocycles. The van der Waals surface area contributed by atoms with Gasteiger partial charge in [-0.25, -0.2) is 0 Å². The van der Waals surface area contributed by atoms with Crippen molar-refractivity contribution < 1.29 is 14.4 Å². The highest BCUT2D eigenvalue weighted by Crippen LogP contribution is 2.32. The molecule has 23 heavy (non-hydrogen) atoms. The van der Waals surface area contributed by atoms with Crippen LogP contribution in [-0.4, -0.2) is 48.2 Å². The number of hydrogen-bond donors (Lipinski definition) is 0. The van der Waals surface area contributed by atoms with Crippen LogP contribution in [0.2, 0.25) is 5.02 Å². The molecule has 0 bridgehead atoms. The Morgan fingerprint density at radius 3 is 2.70 bits per heavy atom. The van der Waals surface area contributed by atoms with Gasteiger partial charge in [-0.2, -0.15) is 0 Å². The minimum Gasteiger partial charge on any atom is -0.345 e. The largest absolute Gasteiger partial charge is 0.345 e. The molecule has 1 fully saturated rings. The van der Waals surface area contributed by atoms with E-state index in [1.54, 1.807) is 37.2 Å². The van der Waals surface area contributed by atoms with E-state index in [-0.39, 0.29) is 22.8 Å². The molecule has 2 amide bonds. The lowest BCUT2D eigenvalue weighted by Gasteiger charge is -2.22. The van der Waals surface area contributed by atoms with E-state index in [4.69, 9.17) is 11.6 Å². The zero-order valence-corrected chi connectivity index (χ0v) is 14.9. The summed E-state index contributed by atoms with van der Waals surface area (Å²) >= 11 is 7.28. The smallest absolute Gasteiger partial charge is 0.255 e. The Morgan fingerprint density at radius 2 is 2.09 bits per heavy atom. The van der Waals surface area contributed by atoms with Crippen LogP contribution in [0.1, 0.15) is 23.7 Å². The first-order valence-electron chi connectivity index (χ1n) is 7.24. The van der Waals surface area contributed by atoms with Crippen LogP contribution < -0.4 is 4.90 Å². The van der Waals surface area contributed by atoms with Crippen molar-refractivity contribution in [1.29, 1.82) is 0 Å². The Labute approximate surface area is 145 Å². The lowest BCUT2D eigenvalue weighted by molar-refractivity contribution is -0.117. The molecule has 1 saturated heterocycles. The standard InChI is InChI=1S/C16H19ClN2O3S/c1-10(20)23-9-11-6-15(21)19(8-11)14-7-12(17)4-5-13(14)16(22)18(2)3/h4-5,7,11H,6,8-9H2,1-3H3. The Morgan fingerprint density at radius 1 is 1.39 bits per heavy atom. The number of nitrogens with zero attached hydrogens (tertiary/aromatic N) is 2. The van der Waals surface area contributed by atoms with Gasteiger partial charge in [-0.05, 0) is 24.1 Å². The number of amides is 2. The fraction of sp³-hybridized carbons (Fsp3) is 0.438. The molecule has 124 valence electrons. The van der Waals surface area contributed by atoms with Crippen molar-refractivity contribution in [3.05, 3.63) is 28.8 Å². The molecule has 1 aromatic carbocycles. The zero-order valence-electron chi connectivity index (χ0n) is 13.3. The third kappa shape index (κ3) is 4.26. The van der Waals surface area contributed by atoms with Crippen LogP contribution >= 0.6 is 23.4 Å². The Bertz CT molecular complexity index is 648. The molecule has 1 aliphatic heterocycles. The van der Waals surface area contributed by atoms with Gasteiger partial charge < -0.3 is 9.80 Å². The number of anilines is 1. The van der Waals surface area contributed by atoms with Crippen LogP contribution in [0.5, 0.6) is 0 Å². The van der Waals surface area contributed by atoms with Crippen LogP contribution in [0.25, 0.3) is 0 Å². The van der Waals surface area contributed by atoms with Crippen molar-refractivity contribution in [1.82, 2.24) is 4.90 Å². The van der Waals surface area contributed by atoms with Crippen LogP contribution in [-0.2, 0) is 9.59 Å². The summed E-state index contributed by atoms with van der Waals surface area (Å²) in [6.07, 6.45) is 0.377. The van der Waals surface area contributed by atoms with Gasteiger partial charge in [0.2, 0.25) is 5.91 Å². The van der Waals surface area contributed by atoms with Crippen LogP contribution in [0.3, 0.4) is 0 Å². The molecule has 0 aliphatic carbocycles. The number of benzene rings is 1. The topological polar surface area (TPSA) is 57.7 Å². The first kappa shape index (κ1) is 17.8. The SMILES string of the molecule is CC(=O)SCC1CC(=O)N(c2cc(Cl)ccc2C(=O)N(C)C)C1. The Hall–Kier alpha value is -1.53. The van der Waals surface area contributed by atoms with Gasteiger partial charge in [0.1, 0.15) is 0 Å². The molecule has 0 radical (unpaired) electrons. The van der Waals surface area contributed by atoms with E-state index in [0.717, 1.165) is 0 Å². The van der Waals surface area contributed by atoms with Crippen molar-refractivity contribution in [2.75, 3.05) is 31.3 Å². The Kier molecular flexibility index (Phi) is 5.70. The van der Waals surface area contributed by atoms with Gasteiger partial charge in [0, 0.05) is 44.8 Å². The Balaban J connectivity index is 2.27. The average molecular weight is 355 g/mol. The normalized spacial score (nSPS) is 17.5. The fourth-order valence-electron chi connectivity index (χ4n) is 2.51. The molecule has 1 unspecified atom stereocenters. The first-order chi connectivity index (χ1) is 10.8. The number of carbonyl (C=O) groups excluding carboxylic acids is 3. The predicted molar refractivity (Wildman–Crippen MR) is 93.1 cm³/mol. The lowest BCUT2D eigenvalue weighted by Crippen LogP contribution is -2.29. The highest BCUT2D eigenvalue weighted by Gasteiger charge is 2.33. The van der Waals surface area contributed by atoms with E-state index >= 15 is 0 Å². The third-order valence-electron chi connectivity index (χ3n) is 3.61. The number of thioether (sulfide) groups is 1. The second kappa shape index (κ2) is 7.36. The highest BCUT2D eigenvalue weighted by atomic mass is 35.5. The summed E-state index contributed by atoms with van der Waals surface area (Å²) in [7, 11) is 3.33. The van der Waals surface area contributed by atoms with E-state index in [9.17, 15) is 14.4 Å². The van der Waals surface area contributed by atoms with Crippen molar-refractivity contribution in [3.8, 4) is 0 Å². The quantitative estimate of drug-likeness (QED) is 0.834. The van der Waals surface area contributed by atoms with Gasteiger partial charge in [0.15, 0.2) is 5.12 Å². The maximum absolute atomic E-state index is 12.3. The lowest BCUT2D eigenvalue weighted by atomic mass is 10.1. The molecule has 7 heteroatoms. The minimum atomic E-state index is -0.175. The first-order valence-corrected chi connectivity index (χ1v) is 8.61. The molecule has 2 rings (SSSR count). The number of hydrogen-bond acceptors (Lipinski definition) is 4. The molecule has 1 aromatic rings. The van der Waals surface area contributed by atoms with Gasteiger partial charge in [-0.3, -0.25) is 14.4 Å². The van der Waals surface area contributed by atoms with Gasteiger partial charge in [0.05, 0.1) is 11.3 Å². The second-order valence-corrected chi connectivity index (χ2v) is 7.37. The average Bonchev–Trinajstić information content (AvgIpc) is 2.85. The summed E-state index contributed by atoms with van der Waals surface area (Å²) in [6.45, 7) is 2.01. The minimum absolute atomic E-state index is 0.0436. The highest BCUT2D eigenvalue weighted by molar-refractivity contribution is 8.13. The zero-order chi connectivity index (χ0) is 17.1. The monoisotopic (exact) mass is 354 g/mol. The van der Waals surface area contributed by atoms with Crippen LogP contribution in [0.15, 0.2) is 18.2 Å². The molecule has 0 aromatic heterocycles. The van der Waals surface area contributed by atoms with E-state index in [2.05, 4.69) is 0 Å². The maximum Gasteiger partial charge on any atom is 0.255 e. The van der Waals surface area contributed by atoms with E-state index < -0.39 is 0 Å². The van der Waals surface area contributed by atoms with Gasteiger partial charge in [-0.15, -0.1) is 0 Å². The number of rotatable bonds is 4. The van der Waals surface area contributed by atoms with E-state index in [1.165, 1.54) is 23.6 Å². The summed E-state index contributed by atoms with van der Waals surface area (Å²) in [4.78, 5) is 38.8. The van der Waals surface area contributed by atoms with Gasteiger partial charge in [-0.1, -0.05) is 23.4 Å². The van der Waals surface area contributed by atoms with Gasteiger partial charge >= 0.3 is 0 Å². The molecule has 0 N–H and O–H groups in total. The maximum atomic E-state index is 12.3. The number of carbonyl (C=O) groups is 3. The molecular weight excluding hydrogens is 336 g/mol. The summed E-state index contributed by atoms with van der Waals surface area (Å²) in [5, 5.41) is 0.520. The molecular formula is C16H19ClN2O3S. The predicted octanol–water partition coefficient (Wildman–Crippen LogP) is 2.67. The summed E-state index contributed by atoms with van der Waals surface area (Å²) in [6, 6.07) is 4.94.